The molecule has 4 N–H and O–H groups in total. The lowest BCUT2D eigenvalue weighted by atomic mass is 9.90. The topological polar surface area (TPSA) is 129 Å². The fourth-order valence-corrected chi connectivity index (χ4v) is 9.06. The number of phenolic OH excluding ortho intramolecular Hbond substituents is 2. The summed E-state index contributed by atoms with van der Waals surface area (Å²) in [6, 6.07) is 29.0. The van der Waals surface area contributed by atoms with E-state index in [0.717, 1.165) is 66.1 Å². The van der Waals surface area contributed by atoms with Gasteiger partial charge in [0.25, 0.3) is 11.8 Å². The Labute approximate surface area is 379 Å². The number of hydrogen-bond donors (Lipinski definition) is 4. The maximum Gasteiger partial charge on any atom is 0.262 e. The summed E-state index contributed by atoms with van der Waals surface area (Å²) >= 11 is 12.2. The van der Waals surface area contributed by atoms with Crippen molar-refractivity contribution in [2.75, 3.05) is 30.0 Å². The van der Waals surface area contributed by atoms with Crippen molar-refractivity contribution in [1.82, 2.24) is 0 Å². The molecule has 0 spiro atoms. The molecule has 0 atom stereocenters. The number of carbonyl (C=O) groups excluding carboxylic acids is 2. The predicted octanol–water partition coefficient (Wildman–Crippen LogP) is 13.0. The predicted molar refractivity (Wildman–Crippen MR) is 255 cm³/mol. The van der Waals surface area contributed by atoms with Crippen LogP contribution < -0.4 is 19.7 Å². The van der Waals surface area contributed by atoms with Gasteiger partial charge >= 0.3 is 0 Å². The van der Waals surface area contributed by atoms with Crippen LogP contribution >= 0.6 is 23.2 Å². The minimum atomic E-state index is -0.482. The molecule has 2 fully saturated rings. The Balaban J connectivity index is 0.000000190. The molecule has 2 amide bonds. The fraction of sp³-hybridized carbons (Fsp3) is 0.346. The molecule has 2 saturated carbocycles. The molecule has 2 aliphatic rings. The van der Waals surface area contributed by atoms with Crippen molar-refractivity contribution < 1.29 is 34.4 Å². The Hall–Kier alpha value is -5.48. The van der Waals surface area contributed by atoms with Crippen LogP contribution in [-0.4, -0.2) is 53.0 Å². The zero-order chi connectivity index (χ0) is 44.5. The van der Waals surface area contributed by atoms with Crippen molar-refractivity contribution in [3.63, 3.8) is 0 Å². The van der Waals surface area contributed by atoms with Crippen LogP contribution in [0.3, 0.4) is 0 Å². The normalized spacial score (nSPS) is 14.5. The van der Waals surface area contributed by atoms with Crippen LogP contribution in [0.4, 0.5) is 11.4 Å². The average Bonchev–Trinajstić information content (AvgIpc) is 3.30. The molecule has 8 rings (SSSR count). The minimum Gasteiger partial charge on any atom is -0.506 e. The molecule has 6 aromatic carbocycles. The summed E-state index contributed by atoms with van der Waals surface area (Å²) in [5.74, 6) is 0.847. The number of aliphatic hydroxyl groups excluding tert-OH is 1. The average molecular weight is 892 g/mol. The highest BCUT2D eigenvalue weighted by molar-refractivity contribution is 6.36. The van der Waals surface area contributed by atoms with Gasteiger partial charge in [0.1, 0.15) is 23.0 Å². The first-order valence-corrected chi connectivity index (χ1v) is 22.8. The Morgan fingerprint density at radius 2 is 1.32 bits per heavy atom. The van der Waals surface area contributed by atoms with Crippen LogP contribution in [0.15, 0.2) is 97.1 Å². The number of aliphatic hydroxyl groups is 1. The lowest BCUT2D eigenvalue weighted by Crippen LogP contribution is -2.33. The SMILES string of the molecule is Cc1ccc(N(CCCO)C(=O)c2cc(OC3CCCCC3)c3ccccc3c2O)c(C)c1.O=C(Nc1cc(Cl)ccc1Cl)c1cc(OCC2CCCCC2)c2ccccc2c1O. The fourth-order valence-electron chi connectivity index (χ4n) is 8.73. The summed E-state index contributed by atoms with van der Waals surface area (Å²) in [5.41, 5.74) is 3.59. The van der Waals surface area contributed by atoms with Crippen LogP contribution in [0.2, 0.25) is 10.0 Å². The maximum atomic E-state index is 13.8. The number of phenols is 2. The van der Waals surface area contributed by atoms with E-state index < -0.39 is 5.91 Å². The second-order valence-corrected chi connectivity index (χ2v) is 17.6. The quantitative estimate of drug-likeness (QED) is 0.0963. The number of rotatable bonds is 12. The van der Waals surface area contributed by atoms with Crippen molar-refractivity contribution in [2.24, 2.45) is 5.92 Å². The van der Waals surface area contributed by atoms with E-state index in [-0.39, 0.29) is 41.2 Å². The van der Waals surface area contributed by atoms with E-state index in [1.165, 1.54) is 25.7 Å². The maximum absolute atomic E-state index is 13.8. The van der Waals surface area contributed by atoms with Crippen molar-refractivity contribution in [2.45, 2.75) is 90.6 Å². The minimum absolute atomic E-state index is 0.0194. The van der Waals surface area contributed by atoms with Gasteiger partial charge in [-0.15, -0.1) is 0 Å². The van der Waals surface area contributed by atoms with Gasteiger partial charge in [-0.3, -0.25) is 9.59 Å². The number of hydrogen-bond acceptors (Lipinski definition) is 7. The van der Waals surface area contributed by atoms with Crippen LogP contribution in [0.25, 0.3) is 21.5 Å². The second kappa shape index (κ2) is 21.3. The number of fused-ring (bicyclic) bond motifs is 2. The number of carbonyl (C=O) groups is 2. The molecule has 11 heteroatoms. The third kappa shape index (κ3) is 11.0. The highest BCUT2D eigenvalue weighted by Crippen LogP contribution is 2.40. The molecule has 0 unspecified atom stereocenters. The van der Waals surface area contributed by atoms with Crippen LogP contribution in [0.5, 0.6) is 23.0 Å². The smallest absolute Gasteiger partial charge is 0.262 e. The van der Waals surface area contributed by atoms with Gasteiger partial charge in [-0.25, -0.2) is 0 Å². The van der Waals surface area contributed by atoms with Crippen molar-refractivity contribution >= 4 is 67.9 Å². The summed E-state index contributed by atoms with van der Waals surface area (Å²) in [6.45, 7) is 4.93. The molecule has 0 saturated heterocycles. The summed E-state index contributed by atoms with van der Waals surface area (Å²) in [5, 5.41) is 37.7. The molecule has 6 aromatic rings. The van der Waals surface area contributed by atoms with Gasteiger partial charge in [0.05, 0.1) is 34.5 Å². The van der Waals surface area contributed by atoms with Crippen LogP contribution in [-0.2, 0) is 0 Å². The van der Waals surface area contributed by atoms with Gasteiger partial charge in [0.2, 0.25) is 0 Å². The highest BCUT2D eigenvalue weighted by Gasteiger charge is 2.27. The van der Waals surface area contributed by atoms with E-state index in [0.29, 0.717) is 63.5 Å². The molecule has 0 radical (unpaired) electrons. The Bertz CT molecular complexity index is 2570. The summed E-state index contributed by atoms with van der Waals surface area (Å²) < 4.78 is 12.6. The molecule has 0 heterocycles. The number of anilines is 2. The lowest BCUT2D eigenvalue weighted by molar-refractivity contribution is 0.0979. The van der Waals surface area contributed by atoms with Gasteiger partial charge in [0, 0.05) is 45.4 Å². The van der Waals surface area contributed by atoms with E-state index >= 15 is 0 Å². The van der Waals surface area contributed by atoms with Crippen molar-refractivity contribution in [1.29, 1.82) is 0 Å². The Morgan fingerprint density at radius 1 is 0.714 bits per heavy atom. The molecule has 330 valence electrons. The van der Waals surface area contributed by atoms with Gasteiger partial charge in [-0.2, -0.15) is 0 Å². The number of aromatic hydroxyl groups is 2. The number of benzene rings is 6. The van der Waals surface area contributed by atoms with E-state index in [1.807, 2.05) is 74.5 Å². The van der Waals surface area contributed by atoms with Gasteiger partial charge < -0.3 is 35.0 Å². The monoisotopic (exact) mass is 890 g/mol. The molecule has 0 bridgehead atoms. The van der Waals surface area contributed by atoms with Crippen LogP contribution in [0, 0.1) is 19.8 Å². The van der Waals surface area contributed by atoms with Crippen LogP contribution in [0.1, 0.15) is 102 Å². The molecule has 0 aliphatic heterocycles. The molecular weight excluding hydrogens is 835 g/mol. The van der Waals surface area contributed by atoms with Gasteiger partial charge in [0.15, 0.2) is 0 Å². The number of aryl methyl sites for hydroxylation is 2. The molecule has 9 nitrogen and oxygen atoms in total. The molecule has 63 heavy (non-hydrogen) atoms. The van der Waals surface area contributed by atoms with Crippen molar-refractivity contribution in [3.05, 3.63) is 129 Å². The zero-order valence-corrected chi connectivity index (χ0v) is 37.5. The zero-order valence-electron chi connectivity index (χ0n) is 36.0. The Kier molecular flexibility index (Phi) is 15.4. The van der Waals surface area contributed by atoms with E-state index in [1.54, 1.807) is 41.3 Å². The lowest BCUT2D eigenvalue weighted by Gasteiger charge is -2.27. The number of nitrogens with one attached hydrogen (secondary N) is 1. The highest BCUT2D eigenvalue weighted by atomic mass is 35.5. The van der Waals surface area contributed by atoms with E-state index in [4.69, 9.17) is 32.7 Å². The second-order valence-electron chi connectivity index (χ2n) is 16.7. The summed E-state index contributed by atoms with van der Waals surface area (Å²) in [6.07, 6.45) is 12.2. The third-order valence-corrected chi connectivity index (χ3v) is 12.6. The molecule has 2 aliphatic carbocycles. The first kappa shape index (κ1) is 45.5. The van der Waals surface area contributed by atoms with Gasteiger partial charge in [-0.05, 0) is 107 Å². The molecule has 0 aromatic heterocycles. The van der Waals surface area contributed by atoms with E-state index in [9.17, 15) is 24.9 Å². The first-order chi connectivity index (χ1) is 30.5. The summed E-state index contributed by atoms with van der Waals surface area (Å²) in [4.78, 5) is 28.4. The first-order valence-electron chi connectivity index (χ1n) is 22.1. The summed E-state index contributed by atoms with van der Waals surface area (Å²) in [7, 11) is 0. The molecular formula is C52H56Cl2N2O7. The number of ether oxygens (including phenoxy) is 2. The van der Waals surface area contributed by atoms with E-state index in [2.05, 4.69) is 5.32 Å². The van der Waals surface area contributed by atoms with Crippen molar-refractivity contribution in [3.8, 4) is 23.0 Å². The number of halogens is 2. The number of nitrogens with zero attached hydrogens (tertiary/aromatic N) is 1. The Morgan fingerprint density at radius 3 is 1.97 bits per heavy atom. The van der Waals surface area contributed by atoms with Gasteiger partial charge in [-0.1, -0.05) is 115 Å². The standard InChI is InChI=1S/C28H33NO4.C24H23Cl2NO3/c1-19-13-14-25(20(2)17-19)29(15-8-16-30)28(32)24-18-26(33-21-9-4-3-5-10-21)22-11-6-7-12-23(22)27(24)31;25-16-10-11-20(26)21(12-16)27-24(29)19-13-22(30-14-15-6-2-1-3-7-15)17-8-4-5-9-18(17)23(19)28/h6-7,11-14,17-18,21,30-31H,3-5,8-10,15-16H2,1-2H3;4-5,8-13,15,28H,1-3,6-7,14H2,(H,27,29). The largest absolute Gasteiger partial charge is 0.506 e. The number of amides is 2. The third-order valence-electron chi connectivity index (χ3n) is 12.1.